The number of halogens is 3. The molecule has 1 saturated heterocycles. The third-order valence-corrected chi connectivity index (χ3v) is 8.43. The Hall–Kier alpha value is -4.19. The van der Waals surface area contributed by atoms with Gasteiger partial charge in [-0.25, -0.2) is 8.78 Å². The highest BCUT2D eigenvalue weighted by molar-refractivity contribution is 9.10. The molecule has 1 heterocycles. The number of anilines is 2. The summed E-state index contributed by atoms with van der Waals surface area (Å²) in [5.41, 5.74) is 1.11. The fourth-order valence-corrected chi connectivity index (χ4v) is 5.61. The number of amides is 1. The number of nitriles is 2. The highest BCUT2D eigenvalue weighted by Gasteiger charge is 2.42. The third kappa shape index (κ3) is 8.25. The number of rotatable bonds is 12. The van der Waals surface area contributed by atoms with E-state index in [1.807, 2.05) is 17.0 Å². The molecule has 11 heteroatoms. The van der Waals surface area contributed by atoms with Gasteiger partial charge in [-0.1, -0.05) is 28.1 Å². The molecule has 44 heavy (non-hydrogen) atoms. The van der Waals surface area contributed by atoms with Gasteiger partial charge in [-0.3, -0.25) is 9.69 Å². The minimum absolute atomic E-state index is 0.0190. The van der Waals surface area contributed by atoms with Gasteiger partial charge >= 0.3 is 0 Å². The molecule has 0 bridgehead atoms. The van der Waals surface area contributed by atoms with Gasteiger partial charge in [0.15, 0.2) is 0 Å². The van der Waals surface area contributed by atoms with Crippen molar-refractivity contribution < 1.29 is 23.0 Å². The standard InChI is InChI=1S/C33H32BrF2N5O3/c34-24-15-29(36)32(30(16-24)39-21-33(8-9-33)10-11-37)40-31(42)19-41-12-6-25(7-13-41)44-27-3-1-2-26(17-27)43-20-23-5-4-22(18-38)14-28(23)35/h1-5,14-17,25,39H,6-10,12-13,19-21H2,(H,40,42). The highest BCUT2D eigenvalue weighted by Crippen LogP contribution is 2.48. The van der Waals surface area contributed by atoms with Crippen LogP contribution in [0.4, 0.5) is 20.2 Å². The highest BCUT2D eigenvalue weighted by atomic mass is 79.9. The molecule has 2 aliphatic rings. The number of likely N-dealkylation sites (tertiary alicyclic amines) is 1. The summed E-state index contributed by atoms with van der Waals surface area (Å²) in [6, 6.07) is 18.6. The maximum atomic E-state index is 14.9. The van der Waals surface area contributed by atoms with E-state index >= 15 is 0 Å². The Kier molecular flexibility index (Phi) is 9.99. The van der Waals surface area contributed by atoms with E-state index in [2.05, 4.69) is 32.6 Å². The summed E-state index contributed by atoms with van der Waals surface area (Å²) in [5.74, 6) is -0.176. The van der Waals surface area contributed by atoms with Crippen LogP contribution in [0.3, 0.4) is 0 Å². The van der Waals surface area contributed by atoms with Crippen LogP contribution in [-0.4, -0.2) is 43.1 Å². The van der Waals surface area contributed by atoms with Crippen LogP contribution in [0, 0.1) is 39.7 Å². The molecule has 0 atom stereocenters. The fraction of sp³-hybridized carbons (Fsp3) is 0.364. The molecule has 8 nitrogen and oxygen atoms in total. The number of piperidine rings is 1. The Labute approximate surface area is 263 Å². The summed E-state index contributed by atoms with van der Waals surface area (Å²) in [6.45, 7) is 1.95. The molecule has 0 spiro atoms. The minimum Gasteiger partial charge on any atom is -0.490 e. The van der Waals surface area contributed by atoms with Gasteiger partial charge in [0.05, 0.1) is 29.9 Å². The van der Waals surface area contributed by atoms with Crippen LogP contribution >= 0.6 is 15.9 Å². The summed E-state index contributed by atoms with van der Waals surface area (Å²) in [4.78, 5) is 14.9. The van der Waals surface area contributed by atoms with Crippen molar-refractivity contribution in [3.8, 4) is 23.6 Å². The zero-order valence-corrected chi connectivity index (χ0v) is 25.6. The average molecular weight is 665 g/mol. The van der Waals surface area contributed by atoms with E-state index in [0.717, 1.165) is 12.8 Å². The zero-order valence-electron chi connectivity index (χ0n) is 24.0. The number of ether oxygens (including phenoxy) is 2. The van der Waals surface area contributed by atoms with Crippen molar-refractivity contribution in [1.29, 1.82) is 10.5 Å². The van der Waals surface area contributed by atoms with Crippen LogP contribution in [0.15, 0.2) is 59.1 Å². The lowest BCUT2D eigenvalue weighted by Crippen LogP contribution is -2.42. The van der Waals surface area contributed by atoms with E-state index in [0.29, 0.717) is 66.1 Å². The Bertz CT molecular complexity index is 1590. The largest absolute Gasteiger partial charge is 0.490 e. The smallest absolute Gasteiger partial charge is 0.238 e. The molecule has 0 unspecified atom stereocenters. The van der Waals surface area contributed by atoms with Crippen molar-refractivity contribution in [2.75, 3.05) is 36.8 Å². The van der Waals surface area contributed by atoms with Crippen molar-refractivity contribution in [3.63, 3.8) is 0 Å². The normalized spacial score (nSPS) is 15.9. The first-order chi connectivity index (χ1) is 21.3. The number of nitrogens with one attached hydrogen (secondary N) is 2. The molecule has 228 valence electrons. The maximum absolute atomic E-state index is 14.9. The lowest BCUT2D eigenvalue weighted by Gasteiger charge is -2.31. The molecule has 2 fully saturated rings. The van der Waals surface area contributed by atoms with Crippen molar-refractivity contribution >= 4 is 33.2 Å². The molecule has 0 aromatic heterocycles. The molecule has 1 aliphatic heterocycles. The summed E-state index contributed by atoms with van der Waals surface area (Å²) in [7, 11) is 0. The second-order valence-electron chi connectivity index (χ2n) is 11.3. The Morgan fingerprint density at radius 2 is 1.82 bits per heavy atom. The van der Waals surface area contributed by atoms with Crippen molar-refractivity contribution in [2.45, 2.75) is 44.8 Å². The Morgan fingerprint density at radius 1 is 1.05 bits per heavy atom. The van der Waals surface area contributed by atoms with Crippen LogP contribution in [-0.2, 0) is 11.4 Å². The van der Waals surface area contributed by atoms with Gasteiger partial charge in [0.2, 0.25) is 5.91 Å². The molecule has 1 saturated carbocycles. The number of hydrogen-bond donors (Lipinski definition) is 2. The molecule has 2 N–H and O–H groups in total. The van der Waals surface area contributed by atoms with Gasteiger partial charge in [0.1, 0.15) is 41.5 Å². The lowest BCUT2D eigenvalue weighted by molar-refractivity contribution is -0.117. The minimum atomic E-state index is -0.541. The van der Waals surface area contributed by atoms with Gasteiger partial charge in [-0.2, -0.15) is 10.5 Å². The second-order valence-corrected chi connectivity index (χ2v) is 12.2. The topological polar surface area (TPSA) is 110 Å². The molecule has 5 rings (SSSR count). The van der Waals surface area contributed by atoms with Crippen LogP contribution < -0.4 is 20.1 Å². The lowest BCUT2D eigenvalue weighted by atomic mass is 10.0. The van der Waals surface area contributed by atoms with Crippen LogP contribution in [0.1, 0.15) is 43.2 Å². The quantitative estimate of drug-likeness (QED) is 0.220. The first-order valence-corrected chi connectivity index (χ1v) is 15.3. The predicted octanol–water partition coefficient (Wildman–Crippen LogP) is 6.77. The second kappa shape index (κ2) is 14.1. The SMILES string of the molecule is N#CCC1(CNc2cc(Br)cc(F)c2NC(=O)CN2CCC(Oc3cccc(OCc4ccc(C#N)cc4F)c3)CC2)CC1. The van der Waals surface area contributed by atoms with Gasteiger partial charge in [0, 0.05) is 47.6 Å². The molecule has 3 aromatic rings. The maximum Gasteiger partial charge on any atom is 0.238 e. The van der Waals surface area contributed by atoms with E-state index in [4.69, 9.17) is 20.0 Å². The molecule has 0 radical (unpaired) electrons. The first-order valence-electron chi connectivity index (χ1n) is 14.5. The van der Waals surface area contributed by atoms with Gasteiger partial charge < -0.3 is 20.1 Å². The summed E-state index contributed by atoms with van der Waals surface area (Å²) < 4.78 is 41.6. The number of carbonyl (C=O) groups excluding carboxylic acids is 1. The number of carbonyl (C=O) groups is 1. The number of hydrogen-bond acceptors (Lipinski definition) is 7. The van der Waals surface area contributed by atoms with Crippen molar-refractivity contribution in [3.05, 3.63) is 81.8 Å². The summed E-state index contributed by atoms with van der Waals surface area (Å²) in [6.07, 6.45) is 3.70. The Balaban J connectivity index is 1.09. The first kappa shape index (κ1) is 31.2. The van der Waals surface area contributed by atoms with Gasteiger partial charge in [0.25, 0.3) is 0 Å². The predicted molar refractivity (Wildman–Crippen MR) is 165 cm³/mol. The van der Waals surface area contributed by atoms with E-state index < -0.39 is 11.6 Å². The van der Waals surface area contributed by atoms with Crippen LogP contribution in [0.2, 0.25) is 0 Å². The Morgan fingerprint density at radius 3 is 2.52 bits per heavy atom. The average Bonchev–Trinajstić information content (AvgIpc) is 3.78. The monoisotopic (exact) mass is 663 g/mol. The van der Waals surface area contributed by atoms with E-state index in [1.54, 1.807) is 30.3 Å². The van der Waals surface area contributed by atoms with E-state index in [-0.39, 0.29) is 41.8 Å². The molecule has 1 aliphatic carbocycles. The third-order valence-electron chi connectivity index (χ3n) is 7.97. The van der Waals surface area contributed by atoms with Gasteiger partial charge in [-0.05, 0) is 62.1 Å². The van der Waals surface area contributed by atoms with Crippen LogP contribution in [0.5, 0.6) is 11.5 Å². The number of benzene rings is 3. The van der Waals surface area contributed by atoms with E-state index in [1.165, 1.54) is 18.2 Å². The van der Waals surface area contributed by atoms with Crippen molar-refractivity contribution in [1.82, 2.24) is 4.90 Å². The molecular formula is C33H32BrF2N5O3. The molecular weight excluding hydrogens is 632 g/mol. The zero-order chi connectivity index (χ0) is 31.1. The number of nitrogens with zero attached hydrogens (tertiary/aromatic N) is 3. The summed E-state index contributed by atoms with van der Waals surface area (Å²) >= 11 is 3.32. The fourth-order valence-electron chi connectivity index (χ4n) is 5.18. The summed E-state index contributed by atoms with van der Waals surface area (Å²) in [5, 5.41) is 24.0. The van der Waals surface area contributed by atoms with E-state index in [9.17, 15) is 13.6 Å². The van der Waals surface area contributed by atoms with Crippen LogP contribution in [0.25, 0.3) is 0 Å². The molecule has 1 amide bonds. The van der Waals surface area contributed by atoms with Gasteiger partial charge in [-0.15, -0.1) is 0 Å². The molecule has 3 aromatic carbocycles. The van der Waals surface area contributed by atoms with Crippen molar-refractivity contribution in [2.24, 2.45) is 5.41 Å².